The molecule has 238 valence electrons. The fourth-order valence-corrected chi connectivity index (χ4v) is 6.78. The summed E-state index contributed by atoms with van der Waals surface area (Å²) in [6, 6.07) is 1.59. The highest BCUT2D eigenvalue weighted by Gasteiger charge is 2.51. The lowest BCUT2D eigenvalue weighted by molar-refractivity contribution is -0.119. The molecule has 2 aliphatic rings. The molecule has 0 saturated carbocycles. The molecule has 0 amide bonds. The number of nitrogen functional groups attached to an aromatic ring is 2. The third kappa shape index (κ3) is 5.42. The highest BCUT2D eigenvalue weighted by Crippen LogP contribution is 2.57. The van der Waals surface area contributed by atoms with Gasteiger partial charge in [-0.15, -0.1) is 5.10 Å². The van der Waals surface area contributed by atoms with Crippen LogP contribution < -0.4 is 17.0 Å². The van der Waals surface area contributed by atoms with Crippen molar-refractivity contribution in [3.8, 4) is 0 Å². The summed E-state index contributed by atoms with van der Waals surface area (Å²) in [5, 5.41) is 28.4. The van der Waals surface area contributed by atoms with Gasteiger partial charge in [0, 0.05) is 19.0 Å². The van der Waals surface area contributed by atoms with Gasteiger partial charge in [0.05, 0.1) is 24.7 Å². The number of hydrogen-bond donors (Lipinski definition) is 6. The Morgan fingerprint density at radius 2 is 2.09 bits per heavy atom. The minimum atomic E-state index is -4.26. The molecule has 7 N–H and O–H groups in total. The molecule has 0 bridgehead atoms. The Hall–Kier alpha value is -3.30. The Bertz CT molecular complexity index is 1790. The van der Waals surface area contributed by atoms with Crippen molar-refractivity contribution in [3.05, 3.63) is 28.9 Å². The number of rotatable bonds is 10. The highest BCUT2D eigenvalue weighted by atomic mass is 32.7. The maximum absolute atomic E-state index is 15.1. The smallest absolute Gasteiger partial charge is 0.386 e. The molecule has 0 aromatic carbocycles. The van der Waals surface area contributed by atoms with E-state index in [1.807, 2.05) is 0 Å². The first-order valence-electron chi connectivity index (χ1n) is 13.1. The maximum atomic E-state index is 15.1. The third-order valence-corrected chi connectivity index (χ3v) is 9.10. The average molecular weight is 661 g/mol. The number of aliphatic hydroxyl groups is 2. The number of alkyl halides is 2. The van der Waals surface area contributed by atoms with Crippen molar-refractivity contribution in [2.75, 3.05) is 31.4 Å². The van der Waals surface area contributed by atoms with E-state index in [9.17, 15) is 24.0 Å². The van der Waals surface area contributed by atoms with Crippen molar-refractivity contribution < 1.29 is 42.1 Å². The Morgan fingerprint density at radius 3 is 2.84 bits per heavy atom. The van der Waals surface area contributed by atoms with Crippen LogP contribution in [0.4, 0.5) is 20.5 Å². The Labute approximate surface area is 250 Å². The minimum Gasteiger partial charge on any atom is -0.393 e. The Kier molecular flexibility index (Phi) is 8.07. The van der Waals surface area contributed by atoms with Crippen LogP contribution in [-0.2, 0) is 23.1 Å². The molecular formula is C22H27F2N10O8PS. The van der Waals surface area contributed by atoms with E-state index in [0.29, 0.717) is 11.0 Å². The normalized spacial score (nSPS) is 30.4. The molecule has 0 spiro atoms. The second-order valence-corrected chi connectivity index (χ2v) is 13.2. The van der Waals surface area contributed by atoms with Crippen molar-refractivity contribution in [1.29, 1.82) is 0 Å². The van der Waals surface area contributed by atoms with E-state index in [-0.39, 0.29) is 42.4 Å². The second-order valence-electron chi connectivity index (χ2n) is 10.3. The zero-order valence-electron chi connectivity index (χ0n) is 22.5. The van der Waals surface area contributed by atoms with Crippen molar-refractivity contribution in [2.45, 2.75) is 55.4 Å². The average Bonchev–Trinajstić information content (AvgIpc) is 3.74. The number of aromatic nitrogens is 8. The van der Waals surface area contributed by atoms with Gasteiger partial charge in [0.1, 0.15) is 42.3 Å². The van der Waals surface area contributed by atoms with Gasteiger partial charge in [-0.25, -0.2) is 23.3 Å². The molecule has 6 heterocycles. The van der Waals surface area contributed by atoms with E-state index in [4.69, 9.17) is 30.0 Å². The lowest BCUT2D eigenvalue weighted by Gasteiger charge is -2.23. The molecule has 22 heteroatoms. The van der Waals surface area contributed by atoms with Crippen LogP contribution in [0.5, 0.6) is 0 Å². The van der Waals surface area contributed by atoms with Crippen molar-refractivity contribution in [2.24, 2.45) is 0 Å². The molecule has 8 atom stereocenters. The number of thiol groups is 1. The van der Waals surface area contributed by atoms with Gasteiger partial charge < -0.3 is 40.2 Å². The molecule has 1 unspecified atom stereocenters. The molecule has 18 nitrogen and oxygen atoms in total. The van der Waals surface area contributed by atoms with Gasteiger partial charge in [-0.2, -0.15) is 9.67 Å². The first kappa shape index (κ1) is 30.7. The van der Waals surface area contributed by atoms with E-state index >= 15 is 4.39 Å². The highest BCUT2D eigenvalue weighted by molar-refractivity contribution is 8.44. The number of fused-ring (bicyclic) bond motifs is 2. The number of anilines is 2. The number of nitrogens with two attached hydrogens (primary N) is 2. The fourth-order valence-electron chi connectivity index (χ4n) is 5.25. The standard InChI is InChI=1S/C22H27F2N10O8PS/c23-6-22(7-35)5-11(19(41-22)34-17-13(31-32-34)18(37)30-21(26)29-17)42-43(38,44)39-4-2-10-14(36)12(24)20(40-10)33-3-1-9-15(25)27-8-28-16(9)33/h1,3,8,10-12,14,19-20,35-36H,2,4-7H2,(H,38,44)(H2,25,27,28)(H3,26,29,30,37)/t10-,11-,12+,14-,19-,20-,22-,43?/m1/s1. The second kappa shape index (κ2) is 11.6. The molecule has 4 aromatic rings. The number of hydrogen-bond acceptors (Lipinski definition) is 15. The van der Waals surface area contributed by atoms with Crippen LogP contribution in [0.15, 0.2) is 23.4 Å². The van der Waals surface area contributed by atoms with E-state index in [1.165, 1.54) is 17.1 Å². The predicted octanol–water partition coefficient (Wildman–Crippen LogP) is 0.170. The van der Waals surface area contributed by atoms with E-state index in [2.05, 4.69) is 42.5 Å². The zero-order valence-corrected chi connectivity index (χ0v) is 24.3. The molecule has 0 radical (unpaired) electrons. The predicted molar refractivity (Wildman–Crippen MR) is 150 cm³/mol. The van der Waals surface area contributed by atoms with Crippen LogP contribution in [0.3, 0.4) is 0 Å². The summed E-state index contributed by atoms with van der Waals surface area (Å²) in [7, 11) is 0. The molecule has 2 aliphatic heterocycles. The van der Waals surface area contributed by atoms with Crippen molar-refractivity contribution in [3.63, 3.8) is 0 Å². The van der Waals surface area contributed by atoms with Crippen molar-refractivity contribution in [1.82, 2.24) is 39.5 Å². The van der Waals surface area contributed by atoms with Crippen molar-refractivity contribution >= 4 is 53.0 Å². The summed E-state index contributed by atoms with van der Waals surface area (Å²) in [5.41, 5.74) is 8.96. The lowest BCUT2D eigenvalue weighted by atomic mass is 10.0. The number of nitrogens with one attached hydrogen (secondary N) is 1. The van der Waals surface area contributed by atoms with E-state index < -0.39 is 68.2 Å². The van der Waals surface area contributed by atoms with Crippen LogP contribution in [-0.4, -0.2) is 99.7 Å². The largest absolute Gasteiger partial charge is 0.393 e. The van der Waals surface area contributed by atoms with Gasteiger partial charge in [0.25, 0.3) is 5.56 Å². The van der Waals surface area contributed by atoms with Gasteiger partial charge >= 0.3 is 6.80 Å². The van der Waals surface area contributed by atoms with Crippen LogP contribution in [0.1, 0.15) is 25.3 Å². The summed E-state index contributed by atoms with van der Waals surface area (Å²) < 4.78 is 67.2. The van der Waals surface area contributed by atoms with Gasteiger partial charge in [0.15, 0.2) is 29.8 Å². The summed E-state index contributed by atoms with van der Waals surface area (Å²) in [4.78, 5) is 26.5. The number of ether oxygens (including phenoxy) is 2. The molecular weight excluding hydrogens is 633 g/mol. The number of aliphatic hydroxyl groups excluding tert-OH is 2. The summed E-state index contributed by atoms with van der Waals surface area (Å²) in [5.74, 6) is -0.0686. The molecule has 4 aromatic heterocycles. The number of H-pyrrole nitrogens is 1. The molecule has 44 heavy (non-hydrogen) atoms. The molecule has 0 aliphatic carbocycles. The van der Waals surface area contributed by atoms with Gasteiger partial charge in [-0.05, 0) is 6.07 Å². The number of nitrogens with zero attached hydrogens (tertiary/aromatic N) is 7. The molecule has 2 saturated heterocycles. The summed E-state index contributed by atoms with van der Waals surface area (Å²) >= 11 is 4.01. The monoisotopic (exact) mass is 660 g/mol. The number of halogens is 2. The maximum Gasteiger partial charge on any atom is 0.386 e. The van der Waals surface area contributed by atoms with E-state index in [0.717, 1.165) is 4.68 Å². The minimum absolute atomic E-state index is 0.127. The molecule has 6 rings (SSSR count). The van der Waals surface area contributed by atoms with Crippen LogP contribution in [0.2, 0.25) is 0 Å². The van der Waals surface area contributed by atoms with E-state index in [1.54, 1.807) is 6.07 Å². The SMILES string of the molecule is Nc1nc2c(nnn2[C@@H]2O[C@@](CO)(CF)C[C@H]2OP(=O)(S)OCC[C@H]2O[C@@H](n3ccc4c(N)ncnc43)[C@@H](F)[C@@H]2O)c(=O)[nH]1. The Balaban J connectivity index is 1.14. The number of aromatic amines is 1. The van der Waals surface area contributed by atoms with Crippen LogP contribution in [0, 0.1) is 0 Å². The quantitative estimate of drug-likeness (QED) is 0.0979. The summed E-state index contributed by atoms with van der Waals surface area (Å²) in [6.45, 7) is -6.56. The van der Waals surface area contributed by atoms with Crippen LogP contribution in [0.25, 0.3) is 22.2 Å². The van der Waals surface area contributed by atoms with Crippen LogP contribution >= 0.6 is 19.0 Å². The first-order chi connectivity index (χ1) is 21.0. The van der Waals surface area contributed by atoms with Gasteiger partial charge in [0.2, 0.25) is 5.95 Å². The summed E-state index contributed by atoms with van der Waals surface area (Å²) in [6.07, 6.45) is -6.13. The third-order valence-electron chi connectivity index (χ3n) is 7.42. The van der Waals surface area contributed by atoms with Gasteiger partial charge in [-0.3, -0.25) is 14.3 Å². The lowest BCUT2D eigenvalue weighted by Crippen LogP contribution is -2.36. The zero-order chi connectivity index (χ0) is 31.4. The first-order valence-corrected chi connectivity index (χ1v) is 15.8. The topological polar surface area (TPSA) is 254 Å². The van der Waals surface area contributed by atoms with Gasteiger partial charge in [-0.1, -0.05) is 17.5 Å². The molecule has 2 fully saturated rings. The Morgan fingerprint density at radius 1 is 1.30 bits per heavy atom. The fraction of sp³-hybridized carbons (Fsp3) is 0.545.